The number of benzene rings is 2. The van der Waals surface area contributed by atoms with Gasteiger partial charge in [0, 0.05) is 31.1 Å². The molecule has 0 spiro atoms. The van der Waals surface area contributed by atoms with E-state index in [2.05, 4.69) is 15.0 Å². The zero-order chi connectivity index (χ0) is 35.4. The average Bonchev–Trinajstić information content (AvgIpc) is 3.01. The van der Waals surface area contributed by atoms with E-state index in [-0.39, 0.29) is 17.2 Å². The summed E-state index contributed by atoms with van der Waals surface area (Å²) < 4.78 is 41.2. The van der Waals surface area contributed by atoms with Crippen LogP contribution in [0.4, 0.5) is 5.82 Å². The summed E-state index contributed by atoms with van der Waals surface area (Å²) in [7, 11) is -2.85. The number of nitrogens with one attached hydrogen (secondary N) is 2. The first-order valence-corrected chi connectivity index (χ1v) is 17.6. The number of hydrogen-bond acceptors (Lipinski definition) is 9. The van der Waals surface area contributed by atoms with Crippen molar-refractivity contribution >= 4 is 44.4 Å². The summed E-state index contributed by atoms with van der Waals surface area (Å²) in [4.78, 5) is 46.9. The number of piperidine rings is 1. The summed E-state index contributed by atoms with van der Waals surface area (Å²) >= 11 is 0. The van der Waals surface area contributed by atoms with Crippen molar-refractivity contribution in [1.29, 1.82) is 0 Å². The van der Waals surface area contributed by atoms with Crippen molar-refractivity contribution in [3.05, 3.63) is 58.8 Å². The Hall–Kier alpha value is -4.23. The van der Waals surface area contributed by atoms with Gasteiger partial charge in [0.15, 0.2) is 0 Å². The monoisotopic (exact) mass is 681 g/mol. The molecule has 1 fully saturated rings. The van der Waals surface area contributed by atoms with Crippen molar-refractivity contribution in [1.82, 2.24) is 19.9 Å². The summed E-state index contributed by atoms with van der Waals surface area (Å²) in [5.74, 6) is -0.977. The number of sulfonamides is 1. The number of amides is 2. The Labute approximate surface area is 282 Å². The van der Waals surface area contributed by atoms with Crippen LogP contribution in [0.1, 0.15) is 68.7 Å². The van der Waals surface area contributed by atoms with E-state index in [4.69, 9.17) is 15.2 Å². The van der Waals surface area contributed by atoms with Crippen molar-refractivity contribution in [3.63, 3.8) is 0 Å². The Bertz CT molecular complexity index is 1800. The average molecular weight is 682 g/mol. The van der Waals surface area contributed by atoms with Gasteiger partial charge in [0.25, 0.3) is 0 Å². The molecule has 0 saturated carbocycles. The highest BCUT2D eigenvalue weighted by Gasteiger charge is 2.35. The van der Waals surface area contributed by atoms with Crippen molar-refractivity contribution in [3.8, 4) is 5.75 Å². The van der Waals surface area contributed by atoms with Crippen LogP contribution in [0, 0.1) is 20.8 Å². The topological polar surface area (TPSA) is 170 Å². The Morgan fingerprint density at radius 2 is 1.69 bits per heavy atom. The molecule has 4 N–H and O–H groups in total. The quantitative estimate of drug-likeness (QED) is 0.254. The number of methoxy groups -OCH3 is 1. The number of aryl methyl sites for hydroxylation is 1. The summed E-state index contributed by atoms with van der Waals surface area (Å²) in [5, 5.41) is 4.39. The number of anilines is 1. The first-order chi connectivity index (χ1) is 22.5. The van der Waals surface area contributed by atoms with Crippen LogP contribution in [0.25, 0.3) is 10.8 Å². The van der Waals surface area contributed by atoms with Crippen LogP contribution in [0.3, 0.4) is 0 Å². The molecule has 1 aliphatic rings. The maximum Gasteiger partial charge on any atom is 0.308 e. The van der Waals surface area contributed by atoms with E-state index < -0.39 is 46.0 Å². The number of aromatic nitrogens is 1. The fraction of sp³-hybridized carbons (Fsp3) is 0.486. The van der Waals surface area contributed by atoms with Gasteiger partial charge in [-0.3, -0.25) is 14.4 Å². The summed E-state index contributed by atoms with van der Waals surface area (Å²) in [6.07, 6.45) is 3.82. The van der Waals surface area contributed by atoms with Gasteiger partial charge in [-0.05, 0) is 101 Å². The van der Waals surface area contributed by atoms with Crippen LogP contribution in [-0.2, 0) is 35.6 Å². The van der Waals surface area contributed by atoms with Crippen LogP contribution in [0.2, 0.25) is 0 Å². The smallest absolute Gasteiger partial charge is 0.308 e. The Morgan fingerprint density at radius 1 is 1.00 bits per heavy atom. The highest BCUT2D eigenvalue weighted by molar-refractivity contribution is 7.89. The standard InChI is InChI=1S/C35H47N5O7S/c1-21-17-29(46-7)22(2)23(3)31(21)48(44,45)39-27(20-30(41)47-35(4,5)6)33(42)38-28(34(43)40-15-9-8-10-16-40)19-24-11-12-26-25(18-24)13-14-37-32(26)36/h11-14,17-18,27-28,39H,8-10,15-16,19-20H2,1-7H3,(H2,36,37)(H,38,42). The molecule has 0 radical (unpaired) electrons. The van der Waals surface area contributed by atoms with Crippen molar-refractivity contribution < 1.29 is 32.3 Å². The molecule has 1 aliphatic heterocycles. The van der Waals surface area contributed by atoms with Gasteiger partial charge >= 0.3 is 5.97 Å². The SMILES string of the molecule is COc1cc(C)c(S(=O)(=O)NC(CC(=O)OC(C)(C)C)C(=O)NC(Cc2ccc3c(N)nccc3c2)C(=O)N2CCCCC2)c(C)c1C. The van der Waals surface area contributed by atoms with Crippen LogP contribution < -0.4 is 20.5 Å². The second kappa shape index (κ2) is 14.9. The number of rotatable bonds is 11. The molecule has 260 valence electrons. The number of carbonyl (C=O) groups is 3. The van der Waals surface area contributed by atoms with Crippen LogP contribution in [0.5, 0.6) is 5.75 Å². The third-order valence-electron chi connectivity index (χ3n) is 8.45. The molecule has 0 bridgehead atoms. The van der Waals surface area contributed by atoms with Crippen molar-refractivity contribution in [2.45, 2.75) is 96.2 Å². The number of fused-ring (bicyclic) bond motifs is 1. The number of esters is 1. The number of nitrogens with zero attached hydrogens (tertiary/aromatic N) is 2. The summed E-state index contributed by atoms with van der Waals surface area (Å²) in [6.45, 7) is 11.2. The summed E-state index contributed by atoms with van der Waals surface area (Å²) in [6, 6.07) is 6.33. The van der Waals surface area contributed by atoms with E-state index in [0.29, 0.717) is 41.3 Å². The molecule has 2 aromatic carbocycles. The lowest BCUT2D eigenvalue weighted by atomic mass is 10.00. The fourth-order valence-corrected chi connectivity index (χ4v) is 7.77. The predicted octanol–water partition coefficient (Wildman–Crippen LogP) is 3.87. The number of ether oxygens (including phenoxy) is 2. The van der Waals surface area contributed by atoms with E-state index in [9.17, 15) is 22.8 Å². The minimum atomic E-state index is -4.35. The van der Waals surface area contributed by atoms with E-state index in [0.717, 1.165) is 35.6 Å². The number of nitrogen functional groups attached to an aromatic ring is 1. The molecule has 12 nitrogen and oxygen atoms in total. The molecular formula is C35H47N5O7S. The number of hydrogen-bond donors (Lipinski definition) is 3. The second-order valence-electron chi connectivity index (χ2n) is 13.3. The van der Waals surface area contributed by atoms with Crippen LogP contribution in [-0.4, -0.2) is 74.0 Å². The molecule has 48 heavy (non-hydrogen) atoms. The number of nitrogens with two attached hydrogens (primary N) is 1. The highest BCUT2D eigenvalue weighted by atomic mass is 32.2. The van der Waals surface area contributed by atoms with Gasteiger partial charge in [0.2, 0.25) is 21.8 Å². The Balaban J connectivity index is 1.69. The molecule has 1 aromatic heterocycles. The number of likely N-dealkylation sites (tertiary alicyclic amines) is 1. The van der Waals surface area contributed by atoms with Gasteiger partial charge in [0.05, 0.1) is 18.4 Å². The van der Waals surface area contributed by atoms with Gasteiger partial charge in [-0.25, -0.2) is 13.4 Å². The zero-order valence-corrected chi connectivity index (χ0v) is 29.6. The second-order valence-corrected chi connectivity index (χ2v) is 15.0. The van der Waals surface area contributed by atoms with Gasteiger partial charge in [-0.15, -0.1) is 0 Å². The Morgan fingerprint density at radius 3 is 2.33 bits per heavy atom. The maximum atomic E-state index is 14.1. The van der Waals surface area contributed by atoms with E-state index in [1.165, 1.54) is 7.11 Å². The third-order valence-corrected chi connectivity index (χ3v) is 10.2. The minimum absolute atomic E-state index is 0.0198. The summed E-state index contributed by atoms with van der Waals surface area (Å²) in [5.41, 5.74) is 7.39. The lowest BCUT2D eigenvalue weighted by Gasteiger charge is -2.31. The third kappa shape index (κ3) is 8.81. The molecule has 13 heteroatoms. The van der Waals surface area contributed by atoms with Crippen molar-refractivity contribution in [2.75, 3.05) is 25.9 Å². The largest absolute Gasteiger partial charge is 0.496 e. The van der Waals surface area contributed by atoms with Crippen molar-refractivity contribution in [2.24, 2.45) is 0 Å². The first kappa shape index (κ1) is 36.6. The van der Waals surface area contributed by atoms with E-state index >= 15 is 0 Å². The highest BCUT2D eigenvalue weighted by Crippen LogP contribution is 2.31. The normalized spacial score (nSPS) is 15.1. The van der Waals surface area contributed by atoms with Gasteiger partial charge in [-0.2, -0.15) is 4.72 Å². The van der Waals surface area contributed by atoms with Gasteiger partial charge in [0.1, 0.15) is 29.3 Å². The van der Waals surface area contributed by atoms with Gasteiger partial charge < -0.3 is 25.4 Å². The molecular weight excluding hydrogens is 634 g/mol. The lowest BCUT2D eigenvalue weighted by Crippen LogP contribution is -2.56. The maximum absolute atomic E-state index is 14.1. The lowest BCUT2D eigenvalue weighted by molar-refractivity contribution is -0.156. The Kier molecular flexibility index (Phi) is 11.4. The molecule has 4 rings (SSSR count). The number of carbonyl (C=O) groups excluding carboxylic acids is 3. The van der Waals surface area contributed by atoms with E-state index in [1.54, 1.807) is 58.7 Å². The first-order valence-electron chi connectivity index (χ1n) is 16.1. The fourth-order valence-electron chi connectivity index (χ4n) is 6.05. The van der Waals surface area contributed by atoms with Gasteiger partial charge in [-0.1, -0.05) is 18.2 Å². The molecule has 1 saturated heterocycles. The van der Waals surface area contributed by atoms with Crippen LogP contribution >= 0.6 is 0 Å². The van der Waals surface area contributed by atoms with E-state index in [1.807, 2.05) is 24.3 Å². The molecule has 2 amide bonds. The molecule has 0 aliphatic carbocycles. The molecule has 3 aromatic rings. The molecule has 2 heterocycles. The number of pyridine rings is 1. The molecule has 2 unspecified atom stereocenters. The minimum Gasteiger partial charge on any atom is -0.496 e. The molecule has 2 atom stereocenters. The zero-order valence-electron chi connectivity index (χ0n) is 28.8. The predicted molar refractivity (Wildman–Crippen MR) is 184 cm³/mol. The van der Waals surface area contributed by atoms with Crippen LogP contribution in [0.15, 0.2) is 41.4 Å².